The fourth-order valence-corrected chi connectivity index (χ4v) is 3.59. The normalized spacial score (nSPS) is 13.4. The minimum Gasteiger partial charge on any atom is -0.373 e. The van der Waals surface area contributed by atoms with Crippen molar-refractivity contribution in [2.24, 2.45) is 7.05 Å². The van der Waals surface area contributed by atoms with Gasteiger partial charge >= 0.3 is 21.8 Å². The summed E-state index contributed by atoms with van der Waals surface area (Å²) in [4.78, 5) is 22.4. The third kappa shape index (κ3) is 5.57. The molecule has 0 bridgehead atoms. The second-order valence-corrected chi connectivity index (χ2v) is 9.06. The number of hydrogen-bond acceptors (Lipinski definition) is 8. The highest BCUT2D eigenvalue weighted by molar-refractivity contribution is 7.88. The average Bonchev–Trinajstić information content (AvgIpc) is 2.76. The van der Waals surface area contributed by atoms with Crippen LogP contribution in [-0.2, 0) is 23.3 Å². The number of nitrogens with zero attached hydrogens (tertiary/aromatic N) is 3. The molecule has 3 rings (SSSR count). The third-order valence-electron chi connectivity index (χ3n) is 4.92. The van der Waals surface area contributed by atoms with Crippen LogP contribution in [0.2, 0.25) is 0 Å². The minimum atomic E-state index is -6.31. The number of alkyl halides is 6. The van der Waals surface area contributed by atoms with Crippen molar-refractivity contribution in [1.82, 2.24) is 9.78 Å². The number of nitro groups is 1. The van der Waals surface area contributed by atoms with Gasteiger partial charge in [0, 0.05) is 24.6 Å². The van der Waals surface area contributed by atoms with Gasteiger partial charge in [-0.2, -0.15) is 39.9 Å². The predicted molar refractivity (Wildman–Crippen MR) is 113 cm³/mol. The molecule has 18 heteroatoms. The van der Waals surface area contributed by atoms with Crippen LogP contribution >= 0.6 is 0 Å². The monoisotopic (exact) mass is 558 g/mol. The molecule has 0 aliphatic rings. The van der Waals surface area contributed by atoms with Crippen LogP contribution in [0.25, 0.3) is 10.8 Å². The van der Waals surface area contributed by atoms with Gasteiger partial charge in [-0.1, -0.05) is 0 Å². The maximum Gasteiger partial charge on any atom is 0.534 e. The maximum atomic E-state index is 14.4. The first-order chi connectivity index (χ1) is 16.8. The fourth-order valence-electron chi connectivity index (χ4n) is 3.13. The van der Waals surface area contributed by atoms with Gasteiger partial charge in [-0.25, -0.2) is 9.07 Å². The van der Waals surface area contributed by atoms with Crippen molar-refractivity contribution in [3.63, 3.8) is 0 Å². The highest BCUT2D eigenvalue weighted by atomic mass is 32.2. The summed E-state index contributed by atoms with van der Waals surface area (Å²) in [7, 11) is -5.20. The number of hydrogen-bond donors (Lipinski definition) is 1. The highest BCUT2D eigenvalue weighted by Gasteiger charge is 2.49. The molecule has 200 valence electrons. The van der Waals surface area contributed by atoms with Gasteiger partial charge in [0.2, 0.25) is 0 Å². The van der Waals surface area contributed by atoms with Crippen LogP contribution in [0.5, 0.6) is 5.75 Å². The Morgan fingerprint density at radius 1 is 1.08 bits per heavy atom. The predicted octanol–water partition coefficient (Wildman–Crippen LogP) is 4.40. The van der Waals surface area contributed by atoms with Gasteiger partial charge in [0.25, 0.3) is 11.2 Å². The summed E-state index contributed by atoms with van der Waals surface area (Å²) in [5.74, 6) is -3.50. The van der Waals surface area contributed by atoms with Crippen LogP contribution in [0.15, 0.2) is 35.1 Å². The molecule has 0 aliphatic heterocycles. The van der Waals surface area contributed by atoms with Crippen molar-refractivity contribution < 1.29 is 48.3 Å². The number of anilines is 1. The molecule has 0 saturated heterocycles. The van der Waals surface area contributed by atoms with E-state index in [0.29, 0.717) is 28.9 Å². The van der Waals surface area contributed by atoms with E-state index in [1.54, 1.807) is 0 Å². The van der Waals surface area contributed by atoms with Crippen molar-refractivity contribution in [2.75, 3.05) is 5.32 Å². The molecule has 0 saturated carbocycles. The minimum absolute atomic E-state index is 0.274. The van der Waals surface area contributed by atoms with Crippen LogP contribution in [-0.4, -0.2) is 28.6 Å². The van der Waals surface area contributed by atoms with Crippen LogP contribution in [0.3, 0.4) is 0 Å². The first-order valence-electron chi connectivity index (χ1n) is 9.66. The molecular weight excluding hydrogens is 545 g/mol. The van der Waals surface area contributed by atoms with Gasteiger partial charge in [0.15, 0.2) is 17.4 Å². The first-order valence-corrected chi connectivity index (χ1v) is 11.1. The van der Waals surface area contributed by atoms with E-state index < -0.39 is 77.7 Å². The first kappa shape index (κ1) is 27.6. The van der Waals surface area contributed by atoms with Crippen LogP contribution in [0, 0.1) is 15.9 Å². The molecule has 0 amide bonds. The Labute approximate surface area is 201 Å². The molecule has 0 spiro atoms. The third-order valence-corrected chi connectivity index (χ3v) is 5.88. The van der Waals surface area contributed by atoms with Crippen molar-refractivity contribution in [3.05, 3.63) is 67.7 Å². The summed E-state index contributed by atoms with van der Waals surface area (Å²) in [6.07, 6.45) is -4.95. The maximum absolute atomic E-state index is 14.4. The smallest absolute Gasteiger partial charge is 0.373 e. The standard InChI is InChI=1S/C19H13F7N4O6S/c1-8(9-3-10(18(21,22)23)5-11(4-9)30(32)33)27-16-12-7-15(36-37(34,35)19(24,25)26)14(20)6-13(12)17(31)29(2)28-16/h3-8H,1-2H3,(H,27,28). The van der Waals surface area contributed by atoms with Crippen LogP contribution < -0.4 is 15.1 Å². The summed E-state index contributed by atoms with van der Waals surface area (Å²) < 4.78 is 119. The number of non-ortho nitro benzene ring substituents is 1. The molecule has 3 aromatic rings. The second-order valence-electron chi connectivity index (χ2n) is 7.52. The van der Waals surface area contributed by atoms with E-state index in [-0.39, 0.29) is 5.56 Å². The summed E-state index contributed by atoms with van der Waals surface area (Å²) in [6.45, 7) is 1.24. The Kier molecular flexibility index (Phi) is 6.84. The van der Waals surface area contributed by atoms with Gasteiger partial charge < -0.3 is 9.50 Å². The van der Waals surface area contributed by atoms with E-state index in [9.17, 15) is 54.1 Å². The molecule has 1 N–H and O–H groups in total. The van der Waals surface area contributed by atoms with Crippen molar-refractivity contribution in [1.29, 1.82) is 0 Å². The topological polar surface area (TPSA) is 133 Å². The zero-order valence-corrected chi connectivity index (χ0v) is 19.1. The summed E-state index contributed by atoms with van der Waals surface area (Å²) in [5, 5.41) is 16.5. The van der Waals surface area contributed by atoms with Crippen molar-refractivity contribution in [3.8, 4) is 5.75 Å². The van der Waals surface area contributed by atoms with Gasteiger partial charge in [-0.3, -0.25) is 14.9 Å². The van der Waals surface area contributed by atoms with Gasteiger partial charge in [0.05, 0.1) is 21.9 Å². The van der Waals surface area contributed by atoms with Crippen LogP contribution in [0.1, 0.15) is 24.1 Å². The number of aryl methyl sites for hydroxylation is 1. The highest BCUT2D eigenvalue weighted by Crippen LogP contribution is 2.36. The molecule has 0 radical (unpaired) electrons. The Morgan fingerprint density at radius 2 is 1.70 bits per heavy atom. The Morgan fingerprint density at radius 3 is 2.24 bits per heavy atom. The summed E-state index contributed by atoms with van der Waals surface area (Å²) >= 11 is 0. The molecule has 2 aromatic carbocycles. The zero-order valence-electron chi connectivity index (χ0n) is 18.3. The van der Waals surface area contributed by atoms with Gasteiger partial charge in [-0.15, -0.1) is 0 Å². The molecule has 1 aromatic heterocycles. The molecule has 0 aliphatic carbocycles. The quantitative estimate of drug-likeness (QED) is 0.155. The second kappa shape index (κ2) is 9.16. The molecule has 10 nitrogen and oxygen atoms in total. The fraction of sp³-hybridized carbons (Fsp3) is 0.263. The van der Waals surface area contributed by atoms with Crippen molar-refractivity contribution in [2.45, 2.75) is 24.7 Å². The Bertz CT molecular complexity index is 1570. The lowest BCUT2D eigenvalue weighted by molar-refractivity contribution is -0.385. The molecule has 37 heavy (non-hydrogen) atoms. The van der Waals surface area contributed by atoms with E-state index in [2.05, 4.69) is 14.6 Å². The van der Waals surface area contributed by atoms with Crippen LogP contribution in [0.4, 0.5) is 42.2 Å². The SMILES string of the molecule is CC(Nc1nn(C)c(=O)c2cc(F)c(OS(=O)(=O)C(F)(F)F)cc12)c1cc([N+](=O)[O-])cc(C(F)(F)F)c1. The Hall–Kier alpha value is -3.96. The number of halogens is 7. The van der Waals surface area contributed by atoms with E-state index in [1.165, 1.54) is 6.92 Å². The molecular formula is C19H13F7N4O6S. The zero-order chi connectivity index (χ0) is 28.1. The Balaban J connectivity index is 2.16. The largest absolute Gasteiger partial charge is 0.534 e. The van der Waals surface area contributed by atoms with E-state index in [0.717, 1.165) is 13.1 Å². The van der Waals surface area contributed by atoms with E-state index >= 15 is 0 Å². The lowest BCUT2D eigenvalue weighted by atomic mass is 10.0. The molecule has 1 unspecified atom stereocenters. The van der Waals surface area contributed by atoms with E-state index in [4.69, 9.17) is 0 Å². The average molecular weight is 558 g/mol. The molecule has 1 heterocycles. The number of fused-ring (bicyclic) bond motifs is 1. The number of nitrogens with one attached hydrogen (secondary N) is 1. The summed E-state index contributed by atoms with van der Waals surface area (Å²) in [6, 6.07) is 1.35. The lowest BCUT2D eigenvalue weighted by Gasteiger charge is -2.19. The number of benzene rings is 2. The molecule has 1 atom stereocenters. The summed E-state index contributed by atoms with van der Waals surface area (Å²) in [5.41, 5.74) is -9.39. The van der Waals surface area contributed by atoms with Crippen molar-refractivity contribution >= 4 is 32.4 Å². The molecule has 0 fully saturated rings. The van der Waals surface area contributed by atoms with E-state index in [1.807, 2.05) is 0 Å². The number of nitro benzene ring substituents is 1. The lowest BCUT2D eigenvalue weighted by Crippen LogP contribution is -2.28. The van der Waals surface area contributed by atoms with Gasteiger partial charge in [0.1, 0.15) is 0 Å². The number of aromatic nitrogens is 2. The number of rotatable bonds is 6. The van der Waals surface area contributed by atoms with Gasteiger partial charge in [-0.05, 0) is 30.7 Å².